The Morgan fingerprint density at radius 1 is 0.886 bits per heavy atom. The lowest BCUT2D eigenvalue weighted by atomic mass is 10.1. The topological polar surface area (TPSA) is 110 Å². The maximum Gasteiger partial charge on any atom is 0.324 e. The first-order chi connectivity index (χ1) is 16.8. The molecule has 1 N–H and O–H groups in total. The molecule has 180 valence electrons. The van der Waals surface area contributed by atoms with Gasteiger partial charge in [0.2, 0.25) is 10.0 Å². The number of benzene rings is 3. The van der Waals surface area contributed by atoms with E-state index in [-0.39, 0.29) is 30.7 Å². The van der Waals surface area contributed by atoms with Crippen LogP contribution in [0, 0.1) is 5.82 Å². The van der Waals surface area contributed by atoms with Gasteiger partial charge in [0.25, 0.3) is 11.8 Å². The van der Waals surface area contributed by atoms with Gasteiger partial charge in [0.1, 0.15) is 23.4 Å². The highest BCUT2D eigenvalue weighted by Crippen LogP contribution is 2.22. The van der Waals surface area contributed by atoms with E-state index in [1.54, 1.807) is 42.5 Å². The van der Waals surface area contributed by atoms with Gasteiger partial charge in [-0.15, -0.1) is 0 Å². The highest BCUT2D eigenvalue weighted by molar-refractivity contribution is 7.89. The molecule has 0 fully saturated rings. The van der Waals surface area contributed by atoms with E-state index in [9.17, 15) is 27.2 Å². The predicted octanol–water partition coefficient (Wildman–Crippen LogP) is 2.55. The van der Waals surface area contributed by atoms with E-state index in [0.717, 1.165) is 17.0 Å². The third-order valence-corrected chi connectivity index (χ3v) is 6.93. The normalized spacial score (nSPS) is 14.0. The number of carbonyl (C=O) groups excluding carboxylic acids is 3. The number of halogens is 1. The monoisotopic (exact) mass is 496 g/mol. The van der Waals surface area contributed by atoms with Crippen LogP contribution in [-0.4, -0.2) is 50.3 Å². The van der Waals surface area contributed by atoms with Crippen LogP contribution in [0.3, 0.4) is 0 Å². The molecule has 3 aromatic carbocycles. The van der Waals surface area contributed by atoms with Gasteiger partial charge < -0.3 is 4.74 Å². The summed E-state index contributed by atoms with van der Waals surface area (Å²) in [5, 5.41) is 0. The van der Waals surface area contributed by atoms with Gasteiger partial charge in [-0.2, -0.15) is 4.72 Å². The van der Waals surface area contributed by atoms with Crippen LogP contribution in [0.15, 0.2) is 83.8 Å². The fraction of sp³-hybridized carbons (Fsp3) is 0.160. The highest BCUT2D eigenvalue weighted by atomic mass is 32.2. The van der Waals surface area contributed by atoms with E-state index in [0.29, 0.717) is 5.56 Å². The summed E-state index contributed by atoms with van der Waals surface area (Å²) in [4.78, 5) is 38.2. The second-order valence-electron chi connectivity index (χ2n) is 7.77. The number of esters is 1. The summed E-state index contributed by atoms with van der Waals surface area (Å²) in [5.74, 6) is -2.88. The fourth-order valence-electron chi connectivity index (χ4n) is 3.72. The lowest BCUT2D eigenvalue weighted by molar-refractivity contribution is -0.145. The Bertz CT molecular complexity index is 1340. The molecule has 0 bridgehead atoms. The summed E-state index contributed by atoms with van der Waals surface area (Å²) in [5.41, 5.74) is 1.18. The number of hydrogen-bond donors (Lipinski definition) is 1. The van der Waals surface area contributed by atoms with Crippen molar-refractivity contribution in [3.63, 3.8) is 0 Å². The van der Waals surface area contributed by atoms with Crippen LogP contribution in [0.4, 0.5) is 4.39 Å². The summed E-state index contributed by atoms with van der Waals surface area (Å²) in [6.45, 7) is -0.534. The van der Waals surface area contributed by atoms with Crippen molar-refractivity contribution in [3.05, 3.63) is 101 Å². The smallest absolute Gasteiger partial charge is 0.324 e. The molecule has 4 rings (SSSR count). The number of carbonyl (C=O) groups is 3. The molecule has 0 spiro atoms. The zero-order valence-corrected chi connectivity index (χ0v) is 19.2. The number of amides is 2. The molecule has 0 aromatic heterocycles. The average Bonchev–Trinajstić information content (AvgIpc) is 3.09. The first kappa shape index (κ1) is 24.2. The van der Waals surface area contributed by atoms with E-state index in [4.69, 9.17) is 4.74 Å². The molecule has 0 aliphatic carbocycles. The third kappa shape index (κ3) is 5.28. The highest BCUT2D eigenvalue weighted by Gasteiger charge is 2.35. The minimum Gasteiger partial charge on any atom is -0.463 e. The zero-order valence-electron chi connectivity index (χ0n) is 18.4. The number of sulfonamides is 1. The Balaban J connectivity index is 1.46. The summed E-state index contributed by atoms with van der Waals surface area (Å²) >= 11 is 0. The van der Waals surface area contributed by atoms with Crippen molar-refractivity contribution in [3.8, 4) is 0 Å². The molecule has 1 aliphatic heterocycles. The molecule has 0 saturated heterocycles. The number of fused-ring (bicyclic) bond motifs is 1. The molecule has 0 saturated carbocycles. The van der Waals surface area contributed by atoms with Gasteiger partial charge in [-0.3, -0.25) is 19.3 Å². The van der Waals surface area contributed by atoms with Gasteiger partial charge >= 0.3 is 5.97 Å². The number of nitrogens with zero attached hydrogens (tertiary/aromatic N) is 1. The van der Waals surface area contributed by atoms with Crippen molar-refractivity contribution in [2.75, 3.05) is 13.2 Å². The van der Waals surface area contributed by atoms with Gasteiger partial charge in [-0.1, -0.05) is 54.6 Å². The summed E-state index contributed by atoms with van der Waals surface area (Å²) in [7, 11) is -4.39. The first-order valence-electron chi connectivity index (χ1n) is 10.7. The maximum absolute atomic E-state index is 14.1. The fourth-order valence-corrected chi connectivity index (χ4v) is 4.98. The lowest BCUT2D eigenvalue weighted by Crippen LogP contribution is -2.44. The van der Waals surface area contributed by atoms with Gasteiger partial charge in [-0.25, -0.2) is 12.8 Å². The zero-order chi connectivity index (χ0) is 25.0. The van der Waals surface area contributed by atoms with Crippen LogP contribution in [0.25, 0.3) is 0 Å². The van der Waals surface area contributed by atoms with Crippen LogP contribution in [0.2, 0.25) is 0 Å². The molecule has 0 radical (unpaired) electrons. The largest absolute Gasteiger partial charge is 0.463 e. The summed E-state index contributed by atoms with van der Waals surface area (Å²) in [6.07, 6.45) is -0.0552. The molecule has 35 heavy (non-hydrogen) atoms. The number of rotatable bonds is 9. The second kappa shape index (κ2) is 10.2. The minimum atomic E-state index is -4.39. The molecule has 1 aliphatic rings. The van der Waals surface area contributed by atoms with Gasteiger partial charge in [0.05, 0.1) is 17.7 Å². The molecule has 2 amide bonds. The van der Waals surface area contributed by atoms with E-state index in [2.05, 4.69) is 4.72 Å². The Morgan fingerprint density at radius 3 is 2.09 bits per heavy atom. The summed E-state index contributed by atoms with van der Waals surface area (Å²) < 4.78 is 47.2. The number of nitrogens with one attached hydrogen (secondary N) is 1. The van der Waals surface area contributed by atoms with Crippen LogP contribution in [0.5, 0.6) is 0 Å². The molecule has 1 atom stereocenters. The number of hydrogen-bond acceptors (Lipinski definition) is 6. The van der Waals surface area contributed by atoms with Crippen LogP contribution in [0.1, 0.15) is 26.3 Å². The average molecular weight is 497 g/mol. The van der Waals surface area contributed by atoms with Crippen molar-refractivity contribution >= 4 is 27.8 Å². The molecule has 3 aromatic rings. The van der Waals surface area contributed by atoms with E-state index in [1.165, 1.54) is 24.3 Å². The van der Waals surface area contributed by atoms with Crippen molar-refractivity contribution in [2.24, 2.45) is 0 Å². The molecular formula is C25H21FN2O6S. The lowest BCUT2D eigenvalue weighted by Gasteiger charge is -2.19. The molecule has 8 nitrogen and oxygen atoms in total. The summed E-state index contributed by atoms with van der Waals surface area (Å²) in [6, 6.07) is 18.4. The standard InChI is InChI=1S/C25H21FN2O6S/c26-20-12-6-7-13-22(20)35(32,33)27-21(16-17-8-2-1-3-9-17)25(31)34-15-14-28-23(29)18-10-4-5-11-19(18)24(28)30/h1-13,21,27H,14-16H2/t21-/m1/s1. The van der Waals surface area contributed by atoms with E-state index in [1.807, 2.05) is 0 Å². The van der Waals surface area contributed by atoms with Crippen LogP contribution >= 0.6 is 0 Å². The predicted molar refractivity (Wildman–Crippen MR) is 123 cm³/mol. The van der Waals surface area contributed by atoms with Crippen molar-refractivity contribution in [1.29, 1.82) is 0 Å². The first-order valence-corrected chi connectivity index (χ1v) is 12.2. The SMILES string of the molecule is O=C(OCCN1C(=O)c2ccccc2C1=O)[C@@H](Cc1ccccc1)NS(=O)(=O)c1ccccc1F. The Hall–Kier alpha value is -3.89. The molecule has 1 heterocycles. The van der Waals surface area contributed by atoms with E-state index < -0.39 is 44.6 Å². The number of ether oxygens (including phenoxy) is 1. The van der Waals surface area contributed by atoms with Gasteiger partial charge in [-0.05, 0) is 36.2 Å². The molecular weight excluding hydrogens is 475 g/mol. The van der Waals surface area contributed by atoms with E-state index >= 15 is 0 Å². The Kier molecular flexibility index (Phi) is 7.04. The van der Waals surface area contributed by atoms with Gasteiger partial charge in [0, 0.05) is 0 Å². The quantitative estimate of drug-likeness (QED) is 0.360. The van der Waals surface area contributed by atoms with Crippen molar-refractivity contribution in [1.82, 2.24) is 9.62 Å². The third-order valence-electron chi connectivity index (χ3n) is 5.43. The van der Waals surface area contributed by atoms with Gasteiger partial charge in [0.15, 0.2) is 0 Å². The Morgan fingerprint density at radius 2 is 1.46 bits per heavy atom. The molecule has 10 heteroatoms. The molecule has 0 unspecified atom stereocenters. The van der Waals surface area contributed by atoms with Crippen LogP contribution < -0.4 is 4.72 Å². The second-order valence-corrected chi connectivity index (χ2v) is 9.45. The maximum atomic E-state index is 14.1. The Labute approximate surface area is 201 Å². The number of imide groups is 1. The minimum absolute atomic E-state index is 0.0552. The van der Waals surface area contributed by atoms with Crippen molar-refractivity contribution in [2.45, 2.75) is 17.4 Å². The van der Waals surface area contributed by atoms with Crippen molar-refractivity contribution < 1.29 is 31.9 Å². The van der Waals surface area contributed by atoms with Crippen LogP contribution in [-0.2, 0) is 26.0 Å².